The highest BCUT2D eigenvalue weighted by Crippen LogP contribution is 2.39. The first kappa shape index (κ1) is 10.3. The number of thioether (sulfide) groups is 1. The molecule has 4 heteroatoms. The Morgan fingerprint density at radius 2 is 2.43 bits per heavy atom. The lowest BCUT2D eigenvalue weighted by atomic mass is 10.2. The number of anilines is 1. The molecular formula is C10H12BrNOS. The van der Waals surface area contributed by atoms with E-state index in [2.05, 4.69) is 40.3 Å². The first-order chi connectivity index (χ1) is 6.70. The Labute approximate surface area is 96.2 Å². The van der Waals surface area contributed by atoms with Crippen molar-refractivity contribution in [3.8, 4) is 0 Å². The zero-order chi connectivity index (χ0) is 10.1. The van der Waals surface area contributed by atoms with Crippen LogP contribution in [0, 0.1) is 6.92 Å². The van der Waals surface area contributed by atoms with Gasteiger partial charge in [-0.15, -0.1) is 11.8 Å². The smallest absolute Gasteiger partial charge is 0.0641 e. The maximum Gasteiger partial charge on any atom is 0.0641 e. The standard InChI is InChI=1S/C10H12BrNOS/c1-6-2-8(11)10-9(3-6)14-5-7(4-13)12-10/h2-3,7,12-13H,4-5H2,1H3. The number of halogens is 1. The summed E-state index contributed by atoms with van der Waals surface area (Å²) in [5.41, 5.74) is 2.37. The fourth-order valence-corrected chi connectivity index (χ4v) is 3.47. The highest BCUT2D eigenvalue weighted by atomic mass is 79.9. The van der Waals surface area contributed by atoms with E-state index in [-0.39, 0.29) is 12.6 Å². The Hall–Kier alpha value is -0.190. The minimum Gasteiger partial charge on any atom is -0.394 e. The molecule has 2 N–H and O–H groups in total. The van der Waals surface area contributed by atoms with E-state index in [4.69, 9.17) is 5.11 Å². The number of benzene rings is 1. The van der Waals surface area contributed by atoms with Crippen molar-refractivity contribution in [2.75, 3.05) is 17.7 Å². The van der Waals surface area contributed by atoms with E-state index in [1.807, 2.05) is 0 Å². The third-order valence-electron chi connectivity index (χ3n) is 2.21. The van der Waals surface area contributed by atoms with Crippen LogP contribution in [0.15, 0.2) is 21.5 Å². The number of hydrogen-bond donors (Lipinski definition) is 2. The molecule has 0 bridgehead atoms. The van der Waals surface area contributed by atoms with Crippen molar-refractivity contribution in [3.63, 3.8) is 0 Å². The average Bonchev–Trinajstić information content (AvgIpc) is 2.17. The molecule has 1 aromatic rings. The van der Waals surface area contributed by atoms with E-state index in [0.717, 1.165) is 15.9 Å². The van der Waals surface area contributed by atoms with Crippen LogP contribution < -0.4 is 5.32 Å². The van der Waals surface area contributed by atoms with Crippen LogP contribution in [0.3, 0.4) is 0 Å². The van der Waals surface area contributed by atoms with Crippen LogP contribution in [0.25, 0.3) is 0 Å². The normalized spacial score (nSPS) is 20.1. The minimum atomic E-state index is 0.173. The van der Waals surface area contributed by atoms with Crippen molar-refractivity contribution in [2.45, 2.75) is 17.9 Å². The molecule has 0 aliphatic carbocycles. The van der Waals surface area contributed by atoms with E-state index in [1.165, 1.54) is 10.5 Å². The zero-order valence-electron chi connectivity index (χ0n) is 7.88. The van der Waals surface area contributed by atoms with Crippen molar-refractivity contribution in [1.29, 1.82) is 0 Å². The van der Waals surface area contributed by atoms with Crippen molar-refractivity contribution < 1.29 is 5.11 Å². The molecule has 0 aromatic heterocycles. The van der Waals surface area contributed by atoms with Gasteiger partial charge in [0.25, 0.3) is 0 Å². The summed E-state index contributed by atoms with van der Waals surface area (Å²) in [6.45, 7) is 2.27. The molecule has 1 unspecified atom stereocenters. The van der Waals surface area contributed by atoms with Gasteiger partial charge in [0.1, 0.15) is 0 Å². The lowest BCUT2D eigenvalue weighted by Gasteiger charge is -2.26. The molecule has 76 valence electrons. The molecule has 0 saturated heterocycles. The van der Waals surface area contributed by atoms with Crippen molar-refractivity contribution in [2.24, 2.45) is 0 Å². The van der Waals surface area contributed by atoms with Crippen LogP contribution in [-0.4, -0.2) is 23.5 Å². The molecule has 1 aromatic carbocycles. The van der Waals surface area contributed by atoms with Gasteiger partial charge in [0, 0.05) is 15.1 Å². The number of aliphatic hydroxyl groups is 1. The number of aryl methyl sites for hydroxylation is 1. The lowest BCUT2D eigenvalue weighted by Crippen LogP contribution is -2.29. The number of rotatable bonds is 1. The lowest BCUT2D eigenvalue weighted by molar-refractivity contribution is 0.282. The number of aliphatic hydroxyl groups excluding tert-OH is 1. The molecule has 0 amide bonds. The van der Waals surface area contributed by atoms with Gasteiger partial charge in [-0.2, -0.15) is 0 Å². The zero-order valence-corrected chi connectivity index (χ0v) is 10.3. The molecule has 0 fully saturated rings. The van der Waals surface area contributed by atoms with Gasteiger partial charge in [0.2, 0.25) is 0 Å². The van der Waals surface area contributed by atoms with E-state index >= 15 is 0 Å². The van der Waals surface area contributed by atoms with Crippen LogP contribution in [0.2, 0.25) is 0 Å². The maximum atomic E-state index is 9.07. The molecule has 1 aliphatic heterocycles. The summed E-state index contributed by atoms with van der Waals surface area (Å²) < 4.78 is 1.08. The first-order valence-corrected chi connectivity index (χ1v) is 6.29. The molecule has 0 saturated carbocycles. The fraction of sp³-hybridized carbons (Fsp3) is 0.400. The maximum absolute atomic E-state index is 9.07. The predicted molar refractivity (Wildman–Crippen MR) is 64.1 cm³/mol. The summed E-state index contributed by atoms with van der Waals surface area (Å²) in [7, 11) is 0. The highest BCUT2D eigenvalue weighted by Gasteiger charge is 2.19. The summed E-state index contributed by atoms with van der Waals surface area (Å²) in [4.78, 5) is 1.27. The molecule has 0 spiro atoms. The third-order valence-corrected chi connectivity index (χ3v) is 4.03. The summed E-state index contributed by atoms with van der Waals surface area (Å²) in [6.07, 6.45) is 0. The summed E-state index contributed by atoms with van der Waals surface area (Å²) >= 11 is 5.33. The molecule has 1 atom stereocenters. The predicted octanol–water partition coefficient (Wildman–Crippen LogP) is 2.64. The quantitative estimate of drug-likeness (QED) is 0.825. The first-order valence-electron chi connectivity index (χ1n) is 4.51. The number of nitrogens with one attached hydrogen (secondary N) is 1. The Kier molecular flexibility index (Phi) is 3.04. The summed E-state index contributed by atoms with van der Waals surface area (Å²) in [6, 6.07) is 4.43. The van der Waals surface area contributed by atoms with Crippen LogP contribution >= 0.6 is 27.7 Å². The van der Waals surface area contributed by atoms with Gasteiger partial charge in [0.05, 0.1) is 18.3 Å². The Morgan fingerprint density at radius 3 is 3.14 bits per heavy atom. The molecule has 1 heterocycles. The van der Waals surface area contributed by atoms with Gasteiger partial charge in [-0.3, -0.25) is 0 Å². The van der Waals surface area contributed by atoms with Crippen LogP contribution in [0.1, 0.15) is 5.56 Å². The number of fused-ring (bicyclic) bond motifs is 1. The van der Waals surface area contributed by atoms with Crippen molar-refractivity contribution in [3.05, 3.63) is 22.2 Å². The van der Waals surface area contributed by atoms with Gasteiger partial charge in [-0.1, -0.05) is 0 Å². The second-order valence-electron chi connectivity index (χ2n) is 3.45. The van der Waals surface area contributed by atoms with Crippen molar-refractivity contribution in [1.82, 2.24) is 0 Å². The average molecular weight is 274 g/mol. The Bertz CT molecular complexity index is 356. The van der Waals surface area contributed by atoms with Gasteiger partial charge in [-0.25, -0.2) is 0 Å². The molecule has 2 nitrogen and oxygen atoms in total. The van der Waals surface area contributed by atoms with E-state index < -0.39 is 0 Å². The third kappa shape index (κ3) is 1.92. The largest absolute Gasteiger partial charge is 0.394 e. The molecular weight excluding hydrogens is 262 g/mol. The Balaban J connectivity index is 2.37. The van der Waals surface area contributed by atoms with Gasteiger partial charge >= 0.3 is 0 Å². The van der Waals surface area contributed by atoms with E-state index in [0.29, 0.717) is 0 Å². The van der Waals surface area contributed by atoms with Gasteiger partial charge in [0.15, 0.2) is 0 Å². The topological polar surface area (TPSA) is 32.3 Å². The van der Waals surface area contributed by atoms with E-state index in [9.17, 15) is 0 Å². The fourth-order valence-electron chi connectivity index (χ4n) is 1.50. The second kappa shape index (κ2) is 4.13. The van der Waals surface area contributed by atoms with Gasteiger partial charge < -0.3 is 10.4 Å². The van der Waals surface area contributed by atoms with Crippen LogP contribution in [0.4, 0.5) is 5.69 Å². The Morgan fingerprint density at radius 1 is 1.64 bits per heavy atom. The minimum absolute atomic E-state index is 0.173. The van der Waals surface area contributed by atoms with Crippen molar-refractivity contribution >= 4 is 33.4 Å². The van der Waals surface area contributed by atoms with Gasteiger partial charge in [-0.05, 0) is 40.5 Å². The number of hydrogen-bond acceptors (Lipinski definition) is 3. The molecule has 14 heavy (non-hydrogen) atoms. The molecule has 2 rings (SSSR count). The molecule has 1 aliphatic rings. The molecule has 0 radical (unpaired) electrons. The van der Waals surface area contributed by atoms with Crippen LogP contribution in [-0.2, 0) is 0 Å². The summed E-state index contributed by atoms with van der Waals surface area (Å²) in [5.74, 6) is 0.930. The van der Waals surface area contributed by atoms with Crippen LogP contribution in [0.5, 0.6) is 0 Å². The highest BCUT2D eigenvalue weighted by molar-refractivity contribution is 9.10. The van der Waals surface area contributed by atoms with E-state index in [1.54, 1.807) is 11.8 Å². The SMILES string of the molecule is Cc1cc(Br)c2c(c1)SCC(CO)N2. The second-order valence-corrected chi connectivity index (χ2v) is 5.37. The monoisotopic (exact) mass is 273 g/mol. The summed E-state index contributed by atoms with van der Waals surface area (Å²) in [5, 5.41) is 12.4.